The zero-order valence-corrected chi connectivity index (χ0v) is 38.8. The summed E-state index contributed by atoms with van der Waals surface area (Å²) >= 11 is 0.771. The predicted octanol–water partition coefficient (Wildman–Crippen LogP) is -6.13. The van der Waals surface area contributed by atoms with Crippen LogP contribution in [0.15, 0.2) is 94.4 Å². The van der Waals surface area contributed by atoms with Crippen LogP contribution in [0.1, 0.15) is 65.5 Å². The first kappa shape index (κ1) is 51.0. The SMILES string of the molecule is CC.CC1(C)C(/C=C/C=C/C=C/C=C2/N(CCC(=O)[O-])c3ccc(S(=O)(=O)[O-])cc3C2(C)C)=[N+](CCC(=O)[O-])c2ccc(SOO[O-])cc21.[Na+].[Na+].[Na+]. The molecule has 12 nitrogen and oxygen atoms in total. The smallest absolute Gasteiger partial charge is 0.744 e. The first-order valence-electron chi connectivity index (χ1n) is 15.5. The fourth-order valence-corrected chi connectivity index (χ4v) is 6.84. The molecular weight excluding hydrogens is 741 g/mol. The molecule has 2 aromatic carbocycles. The summed E-state index contributed by atoms with van der Waals surface area (Å²) in [6.07, 6.45) is 12.2. The summed E-state index contributed by atoms with van der Waals surface area (Å²) in [6.45, 7) is 12.0. The summed E-state index contributed by atoms with van der Waals surface area (Å²) in [4.78, 5) is 24.6. The van der Waals surface area contributed by atoms with Crippen molar-refractivity contribution in [1.29, 1.82) is 0 Å². The van der Waals surface area contributed by atoms with Gasteiger partial charge in [-0.05, 0) is 55.8 Å². The third-order valence-corrected chi connectivity index (χ3v) is 9.61. The van der Waals surface area contributed by atoms with E-state index in [1.807, 2.05) is 70.4 Å². The van der Waals surface area contributed by atoms with Gasteiger partial charge in [-0.25, -0.2) is 8.42 Å². The molecule has 2 aromatic rings. The third kappa shape index (κ3) is 12.5. The number of carbonyl (C=O) groups excluding carboxylic acids is 2. The Hall–Kier alpha value is -1.05. The average Bonchev–Trinajstić information content (AvgIpc) is 3.39. The minimum Gasteiger partial charge on any atom is -0.744 e. The third-order valence-electron chi connectivity index (χ3n) is 8.21. The van der Waals surface area contributed by atoms with Crippen LogP contribution >= 0.6 is 12.0 Å². The Labute approximate surface area is 376 Å². The van der Waals surface area contributed by atoms with Crippen LogP contribution in [0, 0.1) is 0 Å². The summed E-state index contributed by atoms with van der Waals surface area (Å²) < 4.78 is 41.4. The van der Waals surface area contributed by atoms with Gasteiger partial charge in [0, 0.05) is 70.7 Å². The number of carboxylic acids is 2. The number of carboxylic acid groups (broad SMARTS) is 2. The van der Waals surface area contributed by atoms with Crippen LogP contribution in [0.3, 0.4) is 0 Å². The van der Waals surface area contributed by atoms with E-state index in [0.29, 0.717) is 21.8 Å². The van der Waals surface area contributed by atoms with E-state index >= 15 is 0 Å². The number of anilines is 1. The van der Waals surface area contributed by atoms with Gasteiger partial charge in [-0.15, -0.1) is 0 Å². The maximum absolute atomic E-state index is 11.7. The van der Waals surface area contributed by atoms with Crippen LogP contribution in [0.4, 0.5) is 11.4 Å². The van der Waals surface area contributed by atoms with Gasteiger partial charge in [-0.2, -0.15) is 8.91 Å². The minimum absolute atomic E-state index is 0. The van der Waals surface area contributed by atoms with E-state index in [1.165, 1.54) is 18.2 Å². The van der Waals surface area contributed by atoms with Crippen molar-refractivity contribution in [3.05, 3.63) is 95.8 Å². The normalized spacial score (nSPS) is 16.2. The molecule has 0 aromatic heterocycles. The maximum atomic E-state index is 11.7. The summed E-state index contributed by atoms with van der Waals surface area (Å²) in [7, 11) is -4.69. The summed E-state index contributed by atoms with van der Waals surface area (Å²) in [6, 6.07) is 9.49. The molecule has 4 rings (SSSR count). The molecule has 264 valence electrons. The van der Waals surface area contributed by atoms with E-state index in [9.17, 15) is 38.0 Å². The first-order valence-corrected chi connectivity index (χ1v) is 17.7. The van der Waals surface area contributed by atoms with Gasteiger partial charge in [-0.3, -0.25) is 5.04 Å². The van der Waals surface area contributed by atoms with Crippen LogP contribution in [-0.4, -0.2) is 48.3 Å². The molecule has 0 amide bonds. The second kappa shape index (κ2) is 22.5. The fraction of sp³-hybridized carbons (Fsp3) is 0.343. The quantitative estimate of drug-likeness (QED) is 0.0337. The Kier molecular flexibility index (Phi) is 22.0. The standard InChI is InChI=1S/C33H36N2O10S2.C2H6.3Na/c1-32(2)24-20-22(46-45-44-40)12-14-26(24)34(18-16-30(36)37)28(32)10-8-6-5-7-9-11-29-33(3,4)25-21-23(47(41,42)43)13-15-27(25)35(29)19-17-31(38)39;1-2;;;/h5-15,20-21H,16-19H2,1-4H3,(H3-,36,37,38,39,40,41,42,43);1-2H3;;;/q;;3*+1/p-3. The van der Waals surface area contributed by atoms with Crippen molar-refractivity contribution < 1.29 is 141 Å². The Morgan fingerprint density at radius 3 is 2.08 bits per heavy atom. The van der Waals surface area contributed by atoms with Crippen molar-refractivity contribution in [3.63, 3.8) is 0 Å². The molecular formula is C35H39N2Na3O10S2. The molecule has 2 aliphatic rings. The Morgan fingerprint density at radius 1 is 0.865 bits per heavy atom. The number of rotatable bonds is 14. The van der Waals surface area contributed by atoms with E-state index in [1.54, 1.807) is 41.3 Å². The van der Waals surface area contributed by atoms with Crippen molar-refractivity contribution in [1.82, 2.24) is 0 Å². The number of allylic oxidation sites excluding steroid dienone is 8. The number of carbonyl (C=O) groups is 2. The van der Waals surface area contributed by atoms with E-state index in [4.69, 9.17) is 0 Å². The molecule has 2 aliphatic heterocycles. The van der Waals surface area contributed by atoms with Gasteiger partial charge >= 0.3 is 88.7 Å². The zero-order chi connectivity index (χ0) is 36.6. The Bertz CT molecular complexity index is 1840. The molecule has 17 heteroatoms. The number of nitrogens with zero attached hydrogens (tertiary/aromatic N) is 2. The zero-order valence-electron chi connectivity index (χ0n) is 31.1. The molecule has 2 heterocycles. The second-order valence-corrected chi connectivity index (χ2v) is 14.0. The number of hydrogen-bond donors (Lipinski definition) is 0. The van der Waals surface area contributed by atoms with Crippen LogP contribution in [0.25, 0.3) is 0 Å². The van der Waals surface area contributed by atoms with Crippen LogP contribution < -0.4 is 109 Å². The van der Waals surface area contributed by atoms with Crippen molar-refractivity contribution in [2.75, 3.05) is 18.0 Å². The summed E-state index contributed by atoms with van der Waals surface area (Å²) in [5.41, 5.74) is 3.23. The molecule has 0 atom stereocenters. The van der Waals surface area contributed by atoms with Crippen molar-refractivity contribution >= 4 is 51.2 Å². The molecule has 0 saturated heterocycles. The second-order valence-electron chi connectivity index (χ2n) is 11.9. The Morgan fingerprint density at radius 2 is 1.48 bits per heavy atom. The van der Waals surface area contributed by atoms with Gasteiger partial charge < -0.3 is 34.5 Å². The maximum Gasteiger partial charge on any atom is 1.00 e. The number of hydrogen-bond acceptors (Lipinski definition) is 12. The molecule has 0 unspecified atom stereocenters. The van der Waals surface area contributed by atoms with Gasteiger partial charge in [0.15, 0.2) is 12.3 Å². The molecule has 0 saturated carbocycles. The molecule has 0 bridgehead atoms. The monoisotopic (exact) mass is 780 g/mol. The summed E-state index contributed by atoms with van der Waals surface area (Å²) in [5.74, 6) is -2.40. The van der Waals surface area contributed by atoms with Gasteiger partial charge in [0.05, 0.1) is 22.4 Å². The molecule has 0 N–H and O–H groups in total. The van der Waals surface area contributed by atoms with Gasteiger partial charge in [0.25, 0.3) is 0 Å². The van der Waals surface area contributed by atoms with E-state index in [2.05, 4.69) is 9.37 Å². The van der Waals surface area contributed by atoms with Gasteiger partial charge in [-0.1, -0.05) is 58.1 Å². The number of fused-ring (bicyclic) bond motifs is 2. The van der Waals surface area contributed by atoms with Gasteiger partial charge in [0.2, 0.25) is 5.69 Å². The summed E-state index contributed by atoms with van der Waals surface area (Å²) in [5, 5.41) is 36.3. The van der Waals surface area contributed by atoms with Crippen molar-refractivity contribution in [2.24, 2.45) is 0 Å². The van der Waals surface area contributed by atoms with Crippen molar-refractivity contribution in [3.8, 4) is 0 Å². The molecule has 0 fully saturated rings. The molecule has 0 spiro atoms. The number of benzene rings is 2. The number of aliphatic carboxylic acids is 2. The van der Waals surface area contributed by atoms with Crippen LogP contribution in [-0.2, 0) is 39.9 Å². The van der Waals surface area contributed by atoms with E-state index < -0.39 is 32.9 Å². The first-order chi connectivity index (χ1) is 23.1. The van der Waals surface area contributed by atoms with E-state index in [-0.39, 0.29) is 119 Å². The van der Waals surface area contributed by atoms with Crippen molar-refractivity contribution in [2.45, 2.75) is 75.0 Å². The fourth-order valence-electron chi connectivity index (χ4n) is 5.94. The van der Waals surface area contributed by atoms with Crippen LogP contribution in [0.5, 0.6) is 0 Å². The molecule has 0 aliphatic carbocycles. The molecule has 52 heavy (non-hydrogen) atoms. The minimum atomic E-state index is -4.69. The largest absolute Gasteiger partial charge is 1.00 e. The topological polar surface area (TPSA) is 185 Å². The Balaban J connectivity index is 0.00000511. The van der Waals surface area contributed by atoms with Gasteiger partial charge in [0.1, 0.15) is 10.1 Å². The predicted molar refractivity (Wildman–Crippen MR) is 178 cm³/mol. The molecule has 0 radical (unpaired) electrons. The van der Waals surface area contributed by atoms with E-state index in [0.717, 1.165) is 29.0 Å². The average molecular weight is 781 g/mol. The van der Waals surface area contributed by atoms with Crippen LogP contribution in [0.2, 0.25) is 0 Å².